The van der Waals surface area contributed by atoms with Crippen molar-refractivity contribution in [3.05, 3.63) is 53.3 Å². The molecule has 2 atom stereocenters. The van der Waals surface area contributed by atoms with E-state index in [1.54, 1.807) is 17.8 Å². The first-order valence-corrected chi connectivity index (χ1v) is 9.66. The van der Waals surface area contributed by atoms with E-state index in [0.717, 1.165) is 5.56 Å². The van der Waals surface area contributed by atoms with Crippen LogP contribution in [0.2, 0.25) is 0 Å². The second-order valence-electron chi connectivity index (χ2n) is 7.40. The summed E-state index contributed by atoms with van der Waals surface area (Å²) in [5.41, 5.74) is 1.68. The Labute approximate surface area is 160 Å². The van der Waals surface area contributed by atoms with Gasteiger partial charge in [-0.25, -0.2) is 0 Å². The zero-order valence-corrected chi connectivity index (χ0v) is 16.2. The molecule has 1 saturated carbocycles. The lowest BCUT2D eigenvalue weighted by molar-refractivity contribution is 0.0921. The second kappa shape index (κ2) is 8.37. The third kappa shape index (κ3) is 4.21. The number of hydrogen-bond acceptors (Lipinski definition) is 3. The average molecular weight is 368 g/mol. The van der Waals surface area contributed by atoms with Crippen LogP contribution in [0.25, 0.3) is 0 Å². The van der Waals surface area contributed by atoms with Gasteiger partial charge in [0.15, 0.2) is 5.69 Å². The van der Waals surface area contributed by atoms with Crippen LogP contribution in [-0.2, 0) is 0 Å². The largest absolute Gasteiger partial charge is 0.354 e. The Kier molecular flexibility index (Phi) is 5.94. The van der Waals surface area contributed by atoms with Crippen molar-refractivity contribution >= 4 is 11.8 Å². The molecule has 0 saturated heterocycles. The molecule has 2 aromatic rings. The van der Waals surface area contributed by atoms with Crippen LogP contribution in [0, 0.1) is 11.8 Å². The average Bonchev–Trinajstić information content (AvgIpc) is 3.09. The van der Waals surface area contributed by atoms with Gasteiger partial charge in [-0.1, -0.05) is 56.5 Å². The van der Waals surface area contributed by atoms with Gasteiger partial charge < -0.3 is 10.6 Å². The molecule has 0 bridgehead atoms. The van der Waals surface area contributed by atoms with Crippen LogP contribution in [0.5, 0.6) is 0 Å². The molecule has 6 heteroatoms. The molecule has 0 radical (unpaired) electrons. The lowest BCUT2D eigenvalue weighted by atomic mass is 9.77. The maximum absolute atomic E-state index is 12.9. The molecule has 144 valence electrons. The predicted octanol–water partition coefficient (Wildman–Crippen LogP) is 3.02. The van der Waals surface area contributed by atoms with Crippen LogP contribution < -0.4 is 10.6 Å². The zero-order chi connectivity index (χ0) is 19.4. The Morgan fingerprint density at radius 1 is 1.19 bits per heavy atom. The molecule has 2 N–H and O–H groups in total. The number of benzene rings is 1. The number of nitrogens with zero attached hydrogens (tertiary/aromatic N) is 2. The molecule has 3 rings (SSSR count). The molecular weight excluding hydrogens is 340 g/mol. The van der Waals surface area contributed by atoms with E-state index in [4.69, 9.17) is 0 Å². The van der Waals surface area contributed by atoms with Gasteiger partial charge in [0, 0.05) is 19.7 Å². The monoisotopic (exact) mass is 368 g/mol. The van der Waals surface area contributed by atoms with Gasteiger partial charge in [-0.3, -0.25) is 14.3 Å². The van der Waals surface area contributed by atoms with Crippen molar-refractivity contribution in [2.75, 3.05) is 13.6 Å². The van der Waals surface area contributed by atoms with E-state index in [1.807, 2.05) is 37.3 Å². The Balaban J connectivity index is 1.82. The lowest BCUT2D eigenvalue weighted by Gasteiger charge is -2.31. The van der Waals surface area contributed by atoms with Crippen LogP contribution in [0.4, 0.5) is 0 Å². The van der Waals surface area contributed by atoms with E-state index < -0.39 is 0 Å². The lowest BCUT2D eigenvalue weighted by Crippen LogP contribution is -2.34. The molecule has 2 unspecified atom stereocenters. The van der Waals surface area contributed by atoms with Gasteiger partial charge in [-0.05, 0) is 24.3 Å². The highest BCUT2D eigenvalue weighted by atomic mass is 16.2. The third-order valence-electron chi connectivity index (χ3n) is 5.62. The molecule has 1 heterocycles. The number of hydrogen-bond donors (Lipinski definition) is 2. The Bertz CT molecular complexity index is 796. The Hall–Kier alpha value is -2.63. The minimum Gasteiger partial charge on any atom is -0.354 e. The summed E-state index contributed by atoms with van der Waals surface area (Å²) < 4.78 is 1.64. The highest BCUT2D eigenvalue weighted by Gasteiger charge is 2.26. The topological polar surface area (TPSA) is 76.0 Å². The Morgan fingerprint density at radius 3 is 2.48 bits per heavy atom. The predicted molar refractivity (Wildman–Crippen MR) is 105 cm³/mol. The van der Waals surface area contributed by atoms with Crippen molar-refractivity contribution in [1.29, 1.82) is 0 Å². The van der Waals surface area contributed by atoms with Crippen molar-refractivity contribution in [3.8, 4) is 0 Å². The quantitative estimate of drug-likeness (QED) is 0.789. The summed E-state index contributed by atoms with van der Waals surface area (Å²) in [6, 6.07) is 11.3. The van der Waals surface area contributed by atoms with Crippen molar-refractivity contribution in [2.45, 2.75) is 39.2 Å². The molecule has 1 aromatic heterocycles. The van der Waals surface area contributed by atoms with E-state index in [9.17, 15) is 9.59 Å². The van der Waals surface area contributed by atoms with Gasteiger partial charge in [-0.15, -0.1) is 0 Å². The minimum atomic E-state index is -0.300. The molecule has 1 aromatic carbocycles. The smallest absolute Gasteiger partial charge is 0.271 e. The van der Waals surface area contributed by atoms with Gasteiger partial charge in [0.05, 0.1) is 6.04 Å². The standard InChI is InChI=1S/C21H28N4O2/c1-14(16-10-7-11-16)13-23-21(27)19-12-18(20(26)22-3)24-25(19)15(2)17-8-5-4-6-9-17/h4-6,8-9,12,14-16H,7,10-11,13H2,1-3H3,(H,22,26)(H,23,27). The van der Waals surface area contributed by atoms with Crippen LogP contribution >= 0.6 is 0 Å². The number of rotatable bonds is 7. The van der Waals surface area contributed by atoms with E-state index in [1.165, 1.54) is 19.3 Å². The molecular formula is C21H28N4O2. The molecule has 1 aliphatic rings. The second-order valence-corrected chi connectivity index (χ2v) is 7.40. The van der Waals surface area contributed by atoms with Crippen LogP contribution in [0.15, 0.2) is 36.4 Å². The molecule has 27 heavy (non-hydrogen) atoms. The van der Waals surface area contributed by atoms with Crippen molar-refractivity contribution in [3.63, 3.8) is 0 Å². The summed E-state index contributed by atoms with van der Waals surface area (Å²) in [5.74, 6) is 0.682. The number of nitrogens with one attached hydrogen (secondary N) is 2. The normalized spacial score (nSPS) is 16.3. The van der Waals surface area contributed by atoms with Crippen molar-refractivity contribution in [1.82, 2.24) is 20.4 Å². The number of carbonyl (C=O) groups excluding carboxylic acids is 2. The molecule has 2 amide bonds. The summed E-state index contributed by atoms with van der Waals surface area (Å²) in [7, 11) is 1.56. The number of amides is 2. The summed E-state index contributed by atoms with van der Waals surface area (Å²) >= 11 is 0. The van der Waals surface area contributed by atoms with Crippen LogP contribution in [-0.4, -0.2) is 35.2 Å². The highest BCUT2D eigenvalue weighted by molar-refractivity contribution is 5.97. The van der Waals surface area contributed by atoms with E-state index >= 15 is 0 Å². The van der Waals surface area contributed by atoms with Gasteiger partial charge in [0.2, 0.25) is 0 Å². The fraction of sp³-hybridized carbons (Fsp3) is 0.476. The SMILES string of the molecule is CNC(=O)c1cc(C(=O)NCC(C)C2CCC2)n(C(C)c2ccccc2)n1. The molecule has 1 aliphatic carbocycles. The summed E-state index contributed by atoms with van der Waals surface area (Å²) in [4.78, 5) is 24.9. The minimum absolute atomic E-state index is 0.158. The van der Waals surface area contributed by atoms with Gasteiger partial charge in [-0.2, -0.15) is 5.10 Å². The number of carbonyl (C=O) groups is 2. The summed E-state index contributed by atoms with van der Waals surface area (Å²) in [5, 5.41) is 10.0. The molecule has 0 aliphatic heterocycles. The maximum atomic E-state index is 12.9. The highest BCUT2D eigenvalue weighted by Crippen LogP contribution is 2.32. The summed E-state index contributed by atoms with van der Waals surface area (Å²) in [6.07, 6.45) is 3.79. The maximum Gasteiger partial charge on any atom is 0.271 e. The van der Waals surface area contributed by atoms with Gasteiger partial charge >= 0.3 is 0 Å². The number of aromatic nitrogens is 2. The van der Waals surface area contributed by atoms with Gasteiger partial charge in [0.25, 0.3) is 11.8 Å². The zero-order valence-electron chi connectivity index (χ0n) is 16.2. The van der Waals surface area contributed by atoms with Crippen LogP contribution in [0.3, 0.4) is 0 Å². The summed E-state index contributed by atoms with van der Waals surface area (Å²) in [6.45, 7) is 4.80. The van der Waals surface area contributed by atoms with E-state index in [0.29, 0.717) is 24.1 Å². The Morgan fingerprint density at radius 2 is 1.89 bits per heavy atom. The van der Waals surface area contributed by atoms with Crippen LogP contribution in [0.1, 0.15) is 65.7 Å². The fourth-order valence-electron chi connectivity index (χ4n) is 3.49. The first-order valence-electron chi connectivity index (χ1n) is 9.66. The first kappa shape index (κ1) is 19.1. The van der Waals surface area contributed by atoms with E-state index in [-0.39, 0.29) is 23.6 Å². The molecule has 6 nitrogen and oxygen atoms in total. The third-order valence-corrected chi connectivity index (χ3v) is 5.62. The van der Waals surface area contributed by atoms with Crippen molar-refractivity contribution < 1.29 is 9.59 Å². The van der Waals surface area contributed by atoms with Gasteiger partial charge in [0.1, 0.15) is 5.69 Å². The van der Waals surface area contributed by atoms with E-state index in [2.05, 4.69) is 22.7 Å². The molecule has 0 spiro atoms. The fourth-order valence-corrected chi connectivity index (χ4v) is 3.49. The first-order chi connectivity index (χ1) is 13.0. The van der Waals surface area contributed by atoms with Crippen molar-refractivity contribution in [2.24, 2.45) is 11.8 Å². The molecule has 1 fully saturated rings.